The van der Waals surface area contributed by atoms with Crippen molar-refractivity contribution in [3.8, 4) is 0 Å². The fourth-order valence-corrected chi connectivity index (χ4v) is 1.85. The van der Waals surface area contributed by atoms with Crippen LogP contribution in [0.1, 0.15) is 19.3 Å². The lowest BCUT2D eigenvalue weighted by atomic mass is 9.89. The van der Waals surface area contributed by atoms with Crippen LogP contribution in [0.15, 0.2) is 23.9 Å². The fraction of sp³-hybridized carbons (Fsp3) is 0.556. The highest BCUT2D eigenvalue weighted by Gasteiger charge is 2.25. The van der Waals surface area contributed by atoms with Crippen molar-refractivity contribution in [2.45, 2.75) is 25.3 Å². The van der Waals surface area contributed by atoms with Gasteiger partial charge in [0, 0.05) is 19.3 Å². The summed E-state index contributed by atoms with van der Waals surface area (Å²) in [5, 5.41) is 2.05. The summed E-state index contributed by atoms with van der Waals surface area (Å²) in [5.41, 5.74) is 6.26. The van der Waals surface area contributed by atoms with Crippen molar-refractivity contribution in [1.82, 2.24) is 10.4 Å². The second kappa shape index (κ2) is 2.38. The summed E-state index contributed by atoms with van der Waals surface area (Å²) in [6.07, 6.45) is 5.69. The van der Waals surface area contributed by atoms with Crippen LogP contribution in [-0.2, 0) is 0 Å². The first-order valence-corrected chi connectivity index (χ1v) is 4.12. The van der Waals surface area contributed by atoms with E-state index in [9.17, 15) is 0 Å². The molecule has 11 heavy (non-hydrogen) atoms. The van der Waals surface area contributed by atoms with Crippen LogP contribution in [0.2, 0.25) is 0 Å². The quantitative estimate of drug-likeness (QED) is 0.525. The predicted octanol–water partition coefficient (Wildman–Crippen LogP) is 1.43. The van der Waals surface area contributed by atoms with Gasteiger partial charge in [-0.25, -0.2) is 5.43 Å². The van der Waals surface area contributed by atoms with Gasteiger partial charge in [0.25, 0.3) is 0 Å². The molecule has 1 N–H and O–H groups in total. The van der Waals surface area contributed by atoms with Crippen LogP contribution < -0.4 is 5.43 Å². The zero-order valence-corrected chi connectivity index (χ0v) is 6.93. The Kier molecular flexibility index (Phi) is 1.50. The van der Waals surface area contributed by atoms with Gasteiger partial charge in [-0.05, 0) is 24.8 Å². The smallest absolute Gasteiger partial charge is 0.0495 e. The van der Waals surface area contributed by atoms with Gasteiger partial charge in [0.2, 0.25) is 0 Å². The zero-order chi connectivity index (χ0) is 7.84. The normalized spacial score (nSPS) is 30.3. The number of rotatable bonds is 0. The molecule has 1 unspecified atom stereocenters. The minimum atomic E-state index is 0.602. The van der Waals surface area contributed by atoms with Crippen molar-refractivity contribution in [3.63, 3.8) is 0 Å². The third-order valence-electron chi connectivity index (χ3n) is 2.41. The highest BCUT2D eigenvalue weighted by Crippen LogP contribution is 2.29. The van der Waals surface area contributed by atoms with E-state index in [2.05, 4.69) is 23.2 Å². The maximum Gasteiger partial charge on any atom is 0.0495 e. The summed E-state index contributed by atoms with van der Waals surface area (Å²) in [4.78, 5) is 0. The van der Waals surface area contributed by atoms with E-state index in [1.807, 2.05) is 7.05 Å². The molecule has 60 valence electrons. The SMILES string of the molecule is C=C1CCC2NN(C)C=C2C1. The molecule has 2 aliphatic rings. The third-order valence-corrected chi connectivity index (χ3v) is 2.41. The van der Waals surface area contributed by atoms with Crippen LogP contribution in [0.25, 0.3) is 0 Å². The lowest BCUT2D eigenvalue weighted by molar-refractivity contribution is 0.316. The first kappa shape index (κ1) is 6.92. The summed E-state index contributed by atoms with van der Waals surface area (Å²) in [6.45, 7) is 4.01. The van der Waals surface area contributed by atoms with Gasteiger partial charge >= 0.3 is 0 Å². The summed E-state index contributed by atoms with van der Waals surface area (Å²) in [6, 6.07) is 0.602. The number of hydrogen-bond donors (Lipinski definition) is 1. The van der Waals surface area contributed by atoms with Gasteiger partial charge in [0.15, 0.2) is 0 Å². The first-order chi connectivity index (χ1) is 5.25. The molecular formula is C9H14N2. The second-order valence-corrected chi connectivity index (χ2v) is 3.46. The third kappa shape index (κ3) is 1.18. The molecule has 2 nitrogen and oxygen atoms in total. The van der Waals surface area contributed by atoms with Crippen molar-refractivity contribution >= 4 is 0 Å². The summed E-state index contributed by atoms with van der Waals surface area (Å²) in [7, 11) is 2.05. The van der Waals surface area contributed by atoms with Crippen molar-refractivity contribution in [1.29, 1.82) is 0 Å². The van der Waals surface area contributed by atoms with E-state index in [1.54, 1.807) is 0 Å². The average Bonchev–Trinajstić information content (AvgIpc) is 2.27. The molecule has 0 spiro atoms. The second-order valence-electron chi connectivity index (χ2n) is 3.46. The van der Waals surface area contributed by atoms with E-state index in [0.717, 1.165) is 6.42 Å². The topological polar surface area (TPSA) is 15.3 Å². The van der Waals surface area contributed by atoms with Crippen LogP contribution >= 0.6 is 0 Å². The molecule has 1 aliphatic heterocycles. The molecule has 0 bridgehead atoms. The van der Waals surface area contributed by atoms with Gasteiger partial charge in [0.1, 0.15) is 0 Å². The Hall–Kier alpha value is -0.760. The fourth-order valence-electron chi connectivity index (χ4n) is 1.85. The first-order valence-electron chi connectivity index (χ1n) is 4.12. The Morgan fingerprint density at radius 3 is 3.36 bits per heavy atom. The van der Waals surface area contributed by atoms with Crippen molar-refractivity contribution in [2.24, 2.45) is 0 Å². The lowest BCUT2D eigenvalue weighted by Crippen LogP contribution is -2.34. The minimum absolute atomic E-state index is 0.602. The molecule has 0 aromatic heterocycles. The van der Waals surface area contributed by atoms with E-state index in [-0.39, 0.29) is 0 Å². The number of hydrogen-bond acceptors (Lipinski definition) is 2. The van der Waals surface area contributed by atoms with Crippen LogP contribution in [0.4, 0.5) is 0 Å². The Balaban J connectivity index is 2.15. The van der Waals surface area contributed by atoms with Crippen LogP contribution in [-0.4, -0.2) is 18.1 Å². The van der Waals surface area contributed by atoms with Crippen molar-refractivity contribution < 1.29 is 0 Å². The van der Waals surface area contributed by atoms with Crippen molar-refractivity contribution in [3.05, 3.63) is 23.9 Å². The molecule has 0 aromatic carbocycles. The number of fused-ring (bicyclic) bond motifs is 1. The Bertz CT molecular complexity index is 218. The molecular weight excluding hydrogens is 136 g/mol. The van der Waals surface area contributed by atoms with Gasteiger partial charge in [-0.3, -0.25) is 0 Å². The van der Waals surface area contributed by atoms with Gasteiger partial charge < -0.3 is 5.01 Å². The van der Waals surface area contributed by atoms with Gasteiger partial charge in [0.05, 0.1) is 0 Å². The standard InChI is InChI=1S/C9H14N2/c1-7-3-4-9-8(5-7)6-11(2)10-9/h6,9-10H,1,3-5H2,2H3. The van der Waals surface area contributed by atoms with Crippen LogP contribution in [0.5, 0.6) is 0 Å². The molecule has 1 fully saturated rings. The number of hydrazine groups is 1. The maximum atomic E-state index is 4.01. The molecule has 0 saturated heterocycles. The van der Waals surface area contributed by atoms with E-state index in [1.165, 1.54) is 24.0 Å². The molecule has 1 aliphatic carbocycles. The highest BCUT2D eigenvalue weighted by atomic mass is 15.5. The highest BCUT2D eigenvalue weighted by molar-refractivity contribution is 5.25. The van der Waals surface area contributed by atoms with E-state index in [0.29, 0.717) is 6.04 Å². The number of nitrogens with zero attached hydrogens (tertiary/aromatic N) is 1. The Labute approximate surface area is 67.5 Å². The molecule has 1 atom stereocenters. The Morgan fingerprint density at radius 2 is 2.55 bits per heavy atom. The van der Waals surface area contributed by atoms with Gasteiger partial charge in [-0.15, -0.1) is 0 Å². The van der Waals surface area contributed by atoms with Gasteiger partial charge in [-0.2, -0.15) is 0 Å². The molecule has 2 heteroatoms. The summed E-state index contributed by atoms with van der Waals surface area (Å²) >= 11 is 0. The molecule has 1 heterocycles. The summed E-state index contributed by atoms with van der Waals surface area (Å²) < 4.78 is 0. The number of nitrogens with one attached hydrogen (secondary N) is 1. The molecule has 1 saturated carbocycles. The molecule has 0 amide bonds. The summed E-state index contributed by atoms with van der Waals surface area (Å²) in [5.74, 6) is 0. The van der Waals surface area contributed by atoms with E-state index < -0.39 is 0 Å². The maximum absolute atomic E-state index is 4.01. The van der Waals surface area contributed by atoms with E-state index in [4.69, 9.17) is 0 Å². The predicted molar refractivity (Wildman–Crippen MR) is 45.8 cm³/mol. The van der Waals surface area contributed by atoms with Crippen LogP contribution in [0.3, 0.4) is 0 Å². The average molecular weight is 150 g/mol. The van der Waals surface area contributed by atoms with Crippen molar-refractivity contribution in [2.75, 3.05) is 7.05 Å². The molecule has 0 radical (unpaired) electrons. The minimum Gasteiger partial charge on any atom is -0.318 e. The monoisotopic (exact) mass is 150 g/mol. The largest absolute Gasteiger partial charge is 0.318 e. The molecule has 0 aromatic rings. The van der Waals surface area contributed by atoms with E-state index >= 15 is 0 Å². The number of allylic oxidation sites excluding steroid dienone is 1. The lowest BCUT2D eigenvalue weighted by Gasteiger charge is -2.22. The van der Waals surface area contributed by atoms with Gasteiger partial charge in [-0.1, -0.05) is 12.2 Å². The van der Waals surface area contributed by atoms with Crippen LogP contribution in [0, 0.1) is 0 Å². The zero-order valence-electron chi connectivity index (χ0n) is 6.93. The molecule has 2 rings (SSSR count). The Morgan fingerprint density at radius 1 is 1.73 bits per heavy atom.